The van der Waals surface area contributed by atoms with Crippen molar-refractivity contribution >= 4 is 11.6 Å². The molecule has 1 amide bonds. The van der Waals surface area contributed by atoms with Crippen molar-refractivity contribution in [1.29, 1.82) is 0 Å². The Morgan fingerprint density at radius 2 is 2.31 bits per heavy atom. The Hall–Kier alpha value is -1.55. The normalized spacial score (nSPS) is 18.4. The van der Waals surface area contributed by atoms with Gasteiger partial charge in [-0.1, -0.05) is 18.2 Å². The van der Waals surface area contributed by atoms with Gasteiger partial charge in [-0.2, -0.15) is 0 Å². The average Bonchev–Trinajstić information content (AvgIpc) is 2.35. The van der Waals surface area contributed by atoms with E-state index in [9.17, 15) is 4.79 Å². The Balaban J connectivity index is 2.15. The highest BCUT2D eigenvalue weighted by Gasteiger charge is 2.25. The van der Waals surface area contributed by atoms with Crippen LogP contribution in [0.5, 0.6) is 0 Å². The number of para-hydroxylation sites is 1. The van der Waals surface area contributed by atoms with Gasteiger partial charge in [0.1, 0.15) is 0 Å². The zero-order chi connectivity index (χ0) is 11.4. The van der Waals surface area contributed by atoms with Crippen molar-refractivity contribution in [2.75, 3.05) is 25.0 Å². The van der Waals surface area contributed by atoms with Crippen LogP contribution < -0.4 is 16.4 Å². The molecule has 1 aromatic carbocycles. The molecule has 4 nitrogen and oxygen atoms in total. The van der Waals surface area contributed by atoms with E-state index in [-0.39, 0.29) is 11.8 Å². The van der Waals surface area contributed by atoms with Gasteiger partial charge in [0.25, 0.3) is 0 Å². The van der Waals surface area contributed by atoms with Crippen LogP contribution in [-0.2, 0) is 4.79 Å². The smallest absolute Gasteiger partial charge is 0.227 e. The fraction of sp³-hybridized carbons (Fsp3) is 0.417. The van der Waals surface area contributed by atoms with E-state index in [1.54, 1.807) is 0 Å². The molecule has 1 aromatic rings. The first kappa shape index (κ1) is 11.0. The quantitative estimate of drug-likeness (QED) is 0.699. The van der Waals surface area contributed by atoms with Crippen LogP contribution in [0.4, 0.5) is 5.69 Å². The molecule has 0 radical (unpaired) electrons. The van der Waals surface area contributed by atoms with E-state index >= 15 is 0 Å². The SMILES string of the molecule is NCCNC(=O)C1CCNc2ccccc21. The lowest BCUT2D eigenvalue weighted by Crippen LogP contribution is -2.35. The van der Waals surface area contributed by atoms with Crippen molar-refractivity contribution in [3.05, 3.63) is 29.8 Å². The predicted octanol–water partition coefficient (Wildman–Crippen LogP) is 0.661. The minimum atomic E-state index is -0.0380. The number of rotatable bonds is 3. The summed E-state index contributed by atoms with van der Waals surface area (Å²) in [5.74, 6) is 0.0448. The summed E-state index contributed by atoms with van der Waals surface area (Å²) < 4.78 is 0. The number of nitrogens with two attached hydrogens (primary N) is 1. The maximum atomic E-state index is 11.9. The average molecular weight is 219 g/mol. The second kappa shape index (κ2) is 4.99. The van der Waals surface area contributed by atoms with Gasteiger partial charge in [0.05, 0.1) is 5.92 Å². The third-order valence-corrected chi connectivity index (χ3v) is 2.84. The van der Waals surface area contributed by atoms with Gasteiger partial charge in [0.15, 0.2) is 0 Å². The van der Waals surface area contributed by atoms with Crippen LogP contribution in [0.1, 0.15) is 17.9 Å². The minimum Gasteiger partial charge on any atom is -0.385 e. The lowest BCUT2D eigenvalue weighted by atomic mass is 9.90. The molecule has 4 N–H and O–H groups in total. The predicted molar refractivity (Wildman–Crippen MR) is 64.4 cm³/mol. The van der Waals surface area contributed by atoms with E-state index in [1.165, 1.54) is 0 Å². The third kappa shape index (κ3) is 2.17. The summed E-state index contributed by atoms with van der Waals surface area (Å²) in [6, 6.07) is 7.97. The van der Waals surface area contributed by atoms with Gasteiger partial charge in [0.2, 0.25) is 5.91 Å². The topological polar surface area (TPSA) is 67.1 Å². The number of nitrogens with one attached hydrogen (secondary N) is 2. The minimum absolute atomic E-state index is 0.0380. The number of hydrogen-bond donors (Lipinski definition) is 3. The Morgan fingerprint density at radius 1 is 1.50 bits per heavy atom. The van der Waals surface area contributed by atoms with Crippen LogP contribution in [0.15, 0.2) is 24.3 Å². The molecule has 86 valence electrons. The van der Waals surface area contributed by atoms with Gasteiger partial charge < -0.3 is 16.4 Å². The van der Waals surface area contributed by atoms with E-state index < -0.39 is 0 Å². The van der Waals surface area contributed by atoms with Gasteiger partial charge in [-0.25, -0.2) is 0 Å². The Bertz CT molecular complexity index is 378. The van der Waals surface area contributed by atoms with Crippen molar-refractivity contribution in [3.63, 3.8) is 0 Å². The Labute approximate surface area is 95.2 Å². The molecule has 2 rings (SSSR count). The molecule has 1 aliphatic heterocycles. The summed E-state index contributed by atoms with van der Waals surface area (Å²) >= 11 is 0. The van der Waals surface area contributed by atoms with Crippen LogP contribution in [0, 0.1) is 0 Å². The Morgan fingerprint density at radius 3 is 3.12 bits per heavy atom. The number of carbonyl (C=O) groups excluding carboxylic acids is 1. The molecule has 16 heavy (non-hydrogen) atoms. The largest absolute Gasteiger partial charge is 0.385 e. The van der Waals surface area contributed by atoms with Crippen molar-refractivity contribution in [2.24, 2.45) is 5.73 Å². The summed E-state index contributed by atoms with van der Waals surface area (Å²) in [5, 5.41) is 6.15. The fourth-order valence-corrected chi connectivity index (χ4v) is 2.06. The van der Waals surface area contributed by atoms with Gasteiger partial charge >= 0.3 is 0 Å². The molecule has 0 fully saturated rings. The first-order valence-electron chi connectivity index (χ1n) is 5.63. The molecule has 0 aromatic heterocycles. The highest BCUT2D eigenvalue weighted by Crippen LogP contribution is 2.31. The zero-order valence-electron chi connectivity index (χ0n) is 9.20. The van der Waals surface area contributed by atoms with E-state index in [0.717, 1.165) is 24.2 Å². The molecule has 1 heterocycles. The van der Waals surface area contributed by atoms with Gasteiger partial charge in [-0.05, 0) is 18.1 Å². The highest BCUT2D eigenvalue weighted by molar-refractivity contribution is 5.86. The number of hydrogen-bond acceptors (Lipinski definition) is 3. The molecule has 1 atom stereocenters. The van der Waals surface area contributed by atoms with Crippen LogP contribution in [0.3, 0.4) is 0 Å². The standard InChI is InChI=1S/C12H17N3O/c13-6-8-15-12(16)10-5-7-14-11-4-2-1-3-9(10)11/h1-4,10,14H,5-8,13H2,(H,15,16). The summed E-state index contributed by atoms with van der Waals surface area (Å²) in [5.41, 5.74) is 7.53. The van der Waals surface area contributed by atoms with Crippen molar-refractivity contribution in [2.45, 2.75) is 12.3 Å². The Kier molecular flexibility index (Phi) is 3.41. The van der Waals surface area contributed by atoms with E-state index in [1.807, 2.05) is 24.3 Å². The first-order chi connectivity index (χ1) is 7.83. The number of anilines is 1. The summed E-state index contributed by atoms with van der Waals surface area (Å²) in [6.45, 7) is 1.88. The molecular weight excluding hydrogens is 202 g/mol. The van der Waals surface area contributed by atoms with Crippen molar-refractivity contribution < 1.29 is 4.79 Å². The monoisotopic (exact) mass is 219 g/mol. The maximum Gasteiger partial charge on any atom is 0.227 e. The number of amides is 1. The van der Waals surface area contributed by atoms with E-state index in [4.69, 9.17) is 5.73 Å². The molecule has 0 saturated heterocycles. The van der Waals surface area contributed by atoms with Crippen LogP contribution in [0.25, 0.3) is 0 Å². The molecule has 1 aliphatic rings. The number of carbonyl (C=O) groups is 1. The van der Waals surface area contributed by atoms with Crippen LogP contribution in [0.2, 0.25) is 0 Å². The summed E-state index contributed by atoms with van der Waals surface area (Å²) in [6.07, 6.45) is 0.841. The van der Waals surface area contributed by atoms with Crippen molar-refractivity contribution in [1.82, 2.24) is 5.32 Å². The lowest BCUT2D eigenvalue weighted by Gasteiger charge is -2.25. The molecule has 0 saturated carbocycles. The number of fused-ring (bicyclic) bond motifs is 1. The zero-order valence-corrected chi connectivity index (χ0v) is 9.20. The second-order valence-corrected chi connectivity index (χ2v) is 3.93. The van der Waals surface area contributed by atoms with Crippen LogP contribution in [-0.4, -0.2) is 25.5 Å². The maximum absolute atomic E-state index is 11.9. The summed E-state index contributed by atoms with van der Waals surface area (Å²) in [7, 11) is 0. The highest BCUT2D eigenvalue weighted by atomic mass is 16.1. The van der Waals surface area contributed by atoms with Gasteiger partial charge in [-0.15, -0.1) is 0 Å². The molecule has 0 spiro atoms. The van der Waals surface area contributed by atoms with Crippen molar-refractivity contribution in [3.8, 4) is 0 Å². The van der Waals surface area contributed by atoms with Crippen LogP contribution >= 0.6 is 0 Å². The third-order valence-electron chi connectivity index (χ3n) is 2.84. The molecule has 1 unspecified atom stereocenters. The fourth-order valence-electron chi connectivity index (χ4n) is 2.06. The number of benzene rings is 1. The van der Waals surface area contributed by atoms with E-state index in [2.05, 4.69) is 10.6 Å². The summed E-state index contributed by atoms with van der Waals surface area (Å²) in [4.78, 5) is 11.9. The van der Waals surface area contributed by atoms with E-state index in [0.29, 0.717) is 13.1 Å². The van der Waals surface area contributed by atoms with Gasteiger partial charge in [-0.3, -0.25) is 4.79 Å². The molecular formula is C12H17N3O. The molecule has 4 heteroatoms. The first-order valence-corrected chi connectivity index (χ1v) is 5.63. The lowest BCUT2D eigenvalue weighted by molar-refractivity contribution is -0.122. The van der Waals surface area contributed by atoms with Gasteiger partial charge in [0, 0.05) is 25.3 Å². The molecule has 0 aliphatic carbocycles. The molecule has 0 bridgehead atoms. The second-order valence-electron chi connectivity index (χ2n) is 3.93.